The highest BCUT2D eigenvalue weighted by molar-refractivity contribution is 7.90. The van der Waals surface area contributed by atoms with E-state index in [4.69, 9.17) is 17.3 Å². The average molecular weight is 245 g/mol. The standard InChI is InChI=1S/C6H13ClN2O4S/c1-3(2)4(8)5(10)13-6(7)14(9,11)12/h3-4,6H,8H2,1-2H3,(H2,9,11,12)/t4-,6?/m1/s1. The van der Waals surface area contributed by atoms with E-state index in [-0.39, 0.29) is 5.92 Å². The maximum Gasteiger partial charge on any atom is 0.325 e. The Morgan fingerprint density at radius 2 is 1.86 bits per heavy atom. The third-order valence-electron chi connectivity index (χ3n) is 1.46. The van der Waals surface area contributed by atoms with Crippen LogP contribution < -0.4 is 10.9 Å². The highest BCUT2D eigenvalue weighted by Gasteiger charge is 2.27. The van der Waals surface area contributed by atoms with Gasteiger partial charge >= 0.3 is 5.97 Å². The van der Waals surface area contributed by atoms with Crippen molar-refractivity contribution in [3.05, 3.63) is 0 Å². The Morgan fingerprint density at radius 1 is 1.43 bits per heavy atom. The van der Waals surface area contributed by atoms with Crippen LogP contribution in [-0.4, -0.2) is 25.3 Å². The average Bonchev–Trinajstić information content (AvgIpc) is 2.00. The largest absolute Gasteiger partial charge is 0.428 e. The van der Waals surface area contributed by atoms with Crippen LogP contribution in [0.15, 0.2) is 0 Å². The molecule has 0 aliphatic carbocycles. The molecule has 0 saturated carbocycles. The Bertz CT molecular complexity index is 303. The van der Waals surface area contributed by atoms with E-state index in [0.717, 1.165) is 0 Å². The van der Waals surface area contributed by atoms with Gasteiger partial charge in [-0.25, -0.2) is 13.6 Å². The minimum atomic E-state index is -4.09. The van der Waals surface area contributed by atoms with Crippen LogP contribution in [0.3, 0.4) is 0 Å². The van der Waals surface area contributed by atoms with E-state index >= 15 is 0 Å². The molecule has 1 unspecified atom stereocenters. The van der Waals surface area contributed by atoms with Gasteiger partial charge in [0.05, 0.1) is 0 Å². The van der Waals surface area contributed by atoms with Gasteiger partial charge in [0.1, 0.15) is 6.04 Å². The summed E-state index contributed by atoms with van der Waals surface area (Å²) in [5.74, 6) is -1.07. The zero-order valence-corrected chi connectivity index (χ0v) is 9.38. The molecule has 0 radical (unpaired) electrons. The zero-order chi connectivity index (χ0) is 11.5. The van der Waals surface area contributed by atoms with Crippen molar-refractivity contribution in [2.24, 2.45) is 16.8 Å². The second-order valence-corrected chi connectivity index (χ2v) is 5.33. The first-order chi connectivity index (χ1) is 6.16. The van der Waals surface area contributed by atoms with Crippen LogP contribution in [0, 0.1) is 5.92 Å². The molecule has 2 atom stereocenters. The molecule has 0 aliphatic rings. The van der Waals surface area contributed by atoms with E-state index in [1.165, 1.54) is 0 Å². The molecule has 0 rings (SSSR count). The molecule has 14 heavy (non-hydrogen) atoms. The summed E-state index contributed by atoms with van der Waals surface area (Å²) in [6, 6.07) is -0.919. The summed E-state index contributed by atoms with van der Waals surface area (Å²) >= 11 is 5.19. The lowest BCUT2D eigenvalue weighted by atomic mass is 10.1. The van der Waals surface area contributed by atoms with Gasteiger partial charge < -0.3 is 10.5 Å². The normalized spacial score (nSPS) is 16.4. The molecule has 0 spiro atoms. The van der Waals surface area contributed by atoms with Gasteiger partial charge in [-0.05, 0) is 5.92 Å². The van der Waals surface area contributed by atoms with Gasteiger partial charge in [-0.1, -0.05) is 25.4 Å². The minimum absolute atomic E-state index is 0.174. The molecule has 0 saturated heterocycles. The maximum atomic E-state index is 11.1. The van der Waals surface area contributed by atoms with Crippen LogP contribution in [0.1, 0.15) is 13.8 Å². The molecular weight excluding hydrogens is 232 g/mol. The van der Waals surface area contributed by atoms with Crippen molar-refractivity contribution in [2.75, 3.05) is 0 Å². The number of hydrogen-bond acceptors (Lipinski definition) is 5. The monoisotopic (exact) mass is 244 g/mol. The first-order valence-corrected chi connectivity index (χ1v) is 5.82. The molecule has 0 amide bonds. The van der Waals surface area contributed by atoms with Crippen molar-refractivity contribution in [3.8, 4) is 0 Å². The SMILES string of the molecule is CC(C)[C@@H](N)C(=O)OC(Cl)S(N)(=O)=O. The molecule has 0 heterocycles. The van der Waals surface area contributed by atoms with Crippen molar-refractivity contribution in [2.45, 2.75) is 24.8 Å². The number of nitrogens with two attached hydrogens (primary N) is 2. The fourth-order valence-electron chi connectivity index (χ4n) is 0.509. The van der Waals surface area contributed by atoms with E-state index in [9.17, 15) is 13.2 Å². The number of hydrogen-bond donors (Lipinski definition) is 2. The summed E-state index contributed by atoms with van der Waals surface area (Å²) in [6.45, 7) is 3.37. The lowest BCUT2D eigenvalue weighted by molar-refractivity contribution is -0.145. The number of carbonyl (C=O) groups is 1. The number of sulfonamides is 1. The van der Waals surface area contributed by atoms with E-state index < -0.39 is 26.9 Å². The molecule has 0 aromatic carbocycles. The number of primary sulfonamides is 1. The molecule has 0 aromatic heterocycles. The van der Waals surface area contributed by atoms with Crippen LogP contribution in [-0.2, 0) is 19.6 Å². The first kappa shape index (κ1) is 13.6. The van der Waals surface area contributed by atoms with Gasteiger partial charge in [0.2, 0.25) is 0 Å². The third kappa shape index (κ3) is 4.23. The van der Waals surface area contributed by atoms with Crippen LogP contribution in [0.5, 0.6) is 0 Å². The van der Waals surface area contributed by atoms with Crippen molar-refractivity contribution in [1.29, 1.82) is 0 Å². The molecule has 84 valence electrons. The summed E-state index contributed by atoms with van der Waals surface area (Å²) < 4.78 is 25.5. The predicted molar refractivity (Wildman–Crippen MR) is 51.7 cm³/mol. The van der Waals surface area contributed by atoms with Crippen LogP contribution >= 0.6 is 11.6 Å². The van der Waals surface area contributed by atoms with E-state index in [0.29, 0.717) is 0 Å². The van der Waals surface area contributed by atoms with Gasteiger partial charge in [0, 0.05) is 0 Å². The van der Waals surface area contributed by atoms with E-state index in [1.807, 2.05) is 0 Å². The second-order valence-electron chi connectivity index (χ2n) is 3.07. The van der Waals surface area contributed by atoms with Gasteiger partial charge in [-0.2, -0.15) is 0 Å². The molecular formula is C6H13ClN2O4S. The number of esters is 1. The molecule has 8 heteroatoms. The van der Waals surface area contributed by atoms with Gasteiger partial charge in [-0.3, -0.25) is 4.79 Å². The van der Waals surface area contributed by atoms with Crippen LogP contribution in [0.4, 0.5) is 0 Å². The quantitative estimate of drug-likeness (QED) is 0.503. The molecule has 6 nitrogen and oxygen atoms in total. The summed E-state index contributed by atoms with van der Waals surface area (Å²) in [6.07, 6.45) is 0. The van der Waals surface area contributed by atoms with Crippen LogP contribution in [0.2, 0.25) is 0 Å². The number of alkyl halides is 1. The van der Waals surface area contributed by atoms with Crippen molar-refractivity contribution in [3.63, 3.8) is 0 Å². The number of rotatable bonds is 4. The third-order valence-corrected chi connectivity index (χ3v) is 2.90. The van der Waals surface area contributed by atoms with Gasteiger partial charge in [0.25, 0.3) is 14.9 Å². The maximum absolute atomic E-state index is 11.1. The molecule has 0 aliphatic heterocycles. The Labute approximate surface area is 87.6 Å². The highest BCUT2D eigenvalue weighted by Crippen LogP contribution is 2.08. The fraction of sp³-hybridized carbons (Fsp3) is 0.833. The minimum Gasteiger partial charge on any atom is -0.428 e. The first-order valence-electron chi connectivity index (χ1n) is 3.78. The Balaban J connectivity index is 4.35. The zero-order valence-electron chi connectivity index (χ0n) is 7.81. The van der Waals surface area contributed by atoms with Crippen molar-refractivity contribution >= 4 is 27.6 Å². The molecule has 0 bridgehead atoms. The number of ether oxygens (including phenoxy) is 1. The molecule has 0 fully saturated rings. The molecule has 0 aromatic rings. The summed E-state index contributed by atoms with van der Waals surface area (Å²) in [4.78, 5) is 9.20. The topological polar surface area (TPSA) is 112 Å². The Kier molecular flexibility index (Phi) is 4.79. The fourth-order valence-corrected chi connectivity index (χ4v) is 0.826. The predicted octanol–water partition coefficient (Wildman–Crippen LogP) is -0.676. The molecule has 4 N–H and O–H groups in total. The summed E-state index contributed by atoms with van der Waals surface area (Å²) in [7, 11) is -4.09. The van der Waals surface area contributed by atoms with Crippen molar-refractivity contribution in [1.82, 2.24) is 0 Å². The number of carbonyl (C=O) groups excluding carboxylic acids is 1. The van der Waals surface area contributed by atoms with Gasteiger partial charge in [0.15, 0.2) is 0 Å². The number of halogens is 1. The van der Waals surface area contributed by atoms with E-state index in [2.05, 4.69) is 9.88 Å². The van der Waals surface area contributed by atoms with Crippen molar-refractivity contribution < 1.29 is 17.9 Å². The smallest absolute Gasteiger partial charge is 0.325 e. The van der Waals surface area contributed by atoms with E-state index in [1.54, 1.807) is 13.8 Å². The summed E-state index contributed by atoms with van der Waals surface area (Å²) in [5, 5.41) is 4.63. The van der Waals surface area contributed by atoms with Crippen LogP contribution in [0.25, 0.3) is 0 Å². The Hall–Kier alpha value is -0.370. The highest BCUT2D eigenvalue weighted by atomic mass is 35.5. The van der Waals surface area contributed by atoms with Gasteiger partial charge in [-0.15, -0.1) is 0 Å². The second kappa shape index (κ2) is 4.92. The Morgan fingerprint density at radius 3 is 2.14 bits per heavy atom. The summed E-state index contributed by atoms with van der Waals surface area (Å²) in [5.41, 5.74) is 5.38. The lowest BCUT2D eigenvalue weighted by Crippen LogP contribution is -2.40. The lowest BCUT2D eigenvalue weighted by Gasteiger charge is -2.16.